The van der Waals surface area contributed by atoms with Crippen LogP contribution in [0.4, 0.5) is 5.69 Å². The van der Waals surface area contributed by atoms with Crippen molar-refractivity contribution in [2.75, 3.05) is 14.1 Å². The lowest BCUT2D eigenvalue weighted by Gasteiger charge is -2.11. The van der Waals surface area contributed by atoms with Crippen molar-refractivity contribution in [1.82, 2.24) is 19.4 Å². The van der Waals surface area contributed by atoms with Gasteiger partial charge in [-0.3, -0.25) is 0 Å². The van der Waals surface area contributed by atoms with Crippen molar-refractivity contribution >= 4 is 22.7 Å². The molecule has 0 spiro atoms. The van der Waals surface area contributed by atoms with Crippen LogP contribution in [0.15, 0.2) is 23.6 Å². The first-order valence-corrected chi connectivity index (χ1v) is 6.05. The maximum Gasteiger partial charge on any atom is 0.162 e. The van der Waals surface area contributed by atoms with Gasteiger partial charge in [-0.25, -0.2) is 15.0 Å². The summed E-state index contributed by atoms with van der Waals surface area (Å²) in [5, 5.41) is 0. The number of hydrogen-bond donors (Lipinski definition) is 0. The van der Waals surface area contributed by atoms with E-state index in [1.165, 1.54) is 0 Å². The van der Waals surface area contributed by atoms with Gasteiger partial charge in [0.05, 0.1) is 12.0 Å². The van der Waals surface area contributed by atoms with Gasteiger partial charge in [-0.05, 0) is 26.8 Å². The van der Waals surface area contributed by atoms with Crippen LogP contribution in [0.2, 0.25) is 0 Å². The lowest BCUT2D eigenvalue weighted by molar-refractivity contribution is 0.613. The molecule has 5 heteroatoms. The smallest absolute Gasteiger partial charge is 0.162 e. The molecule has 2 aromatic heterocycles. The number of fused-ring (bicyclic) bond motifs is 1. The minimum absolute atomic E-state index is 0.344. The molecule has 0 aliphatic heterocycles. The number of imidazole rings is 1. The zero-order valence-corrected chi connectivity index (χ0v) is 11.5. The summed E-state index contributed by atoms with van der Waals surface area (Å²) < 4.78 is 2.05. The molecule has 0 saturated heterocycles. The zero-order valence-electron chi connectivity index (χ0n) is 11.5. The van der Waals surface area contributed by atoms with E-state index >= 15 is 0 Å². The normalized spacial score (nSPS) is 12.4. The van der Waals surface area contributed by atoms with E-state index in [-0.39, 0.29) is 0 Å². The second-order valence-corrected chi connectivity index (χ2v) is 4.80. The molecule has 0 aliphatic carbocycles. The van der Waals surface area contributed by atoms with E-state index in [2.05, 4.69) is 33.4 Å². The van der Waals surface area contributed by atoms with Crippen LogP contribution in [0.3, 0.4) is 0 Å². The van der Waals surface area contributed by atoms with Crippen molar-refractivity contribution in [2.45, 2.75) is 26.8 Å². The molecule has 0 aliphatic rings. The van der Waals surface area contributed by atoms with Crippen LogP contribution in [0.5, 0.6) is 0 Å². The predicted molar refractivity (Wildman–Crippen MR) is 74.4 cm³/mol. The summed E-state index contributed by atoms with van der Waals surface area (Å²) in [5.41, 5.74) is 2.61. The number of aromatic nitrogens is 3. The van der Waals surface area contributed by atoms with Gasteiger partial charge < -0.3 is 9.47 Å². The summed E-state index contributed by atoms with van der Waals surface area (Å²) in [6, 6.07) is 2.24. The number of rotatable bonds is 2. The molecule has 0 saturated carbocycles. The van der Waals surface area contributed by atoms with Crippen molar-refractivity contribution in [3.8, 4) is 0 Å². The molecule has 0 atom stereocenters. The number of nitrogens with zero attached hydrogens (tertiary/aromatic N) is 5. The molecule has 2 aromatic rings. The summed E-state index contributed by atoms with van der Waals surface area (Å²) in [7, 11) is 3.95. The van der Waals surface area contributed by atoms with Crippen molar-refractivity contribution < 1.29 is 0 Å². The summed E-state index contributed by atoms with van der Waals surface area (Å²) >= 11 is 0. The molecule has 2 heterocycles. The third-order valence-electron chi connectivity index (χ3n) is 2.93. The number of aliphatic imine (C=N–C) groups is 1. The quantitative estimate of drug-likeness (QED) is 0.603. The number of amidine groups is 1. The molecule has 2 rings (SSSR count). The fraction of sp³-hybridized carbons (Fsp3) is 0.462. The highest BCUT2D eigenvalue weighted by molar-refractivity contribution is 5.89. The minimum Gasteiger partial charge on any atom is -0.366 e. The second-order valence-electron chi connectivity index (χ2n) is 4.80. The summed E-state index contributed by atoms with van der Waals surface area (Å²) in [5.74, 6) is 0.946. The van der Waals surface area contributed by atoms with Crippen molar-refractivity contribution in [3.05, 3.63) is 18.6 Å². The van der Waals surface area contributed by atoms with E-state index in [1.807, 2.05) is 38.3 Å². The summed E-state index contributed by atoms with van der Waals surface area (Å²) in [6.45, 7) is 6.21. The van der Waals surface area contributed by atoms with E-state index in [1.54, 1.807) is 6.20 Å². The first-order valence-electron chi connectivity index (χ1n) is 6.05. The van der Waals surface area contributed by atoms with Gasteiger partial charge in [0.15, 0.2) is 5.65 Å². The fourth-order valence-corrected chi connectivity index (χ4v) is 1.66. The molecular formula is C13H19N5. The largest absolute Gasteiger partial charge is 0.366 e. The SMILES string of the molecule is CC(=Nc1ccnc2c1ncn2C(C)C)N(C)C. The molecule has 18 heavy (non-hydrogen) atoms. The summed E-state index contributed by atoms with van der Waals surface area (Å²) in [4.78, 5) is 15.4. The van der Waals surface area contributed by atoms with E-state index in [0.717, 1.165) is 22.7 Å². The van der Waals surface area contributed by atoms with Gasteiger partial charge in [-0.15, -0.1) is 0 Å². The Hall–Kier alpha value is -1.91. The van der Waals surface area contributed by atoms with Gasteiger partial charge in [-0.1, -0.05) is 0 Å². The van der Waals surface area contributed by atoms with Crippen LogP contribution >= 0.6 is 0 Å². The first-order chi connectivity index (χ1) is 8.50. The van der Waals surface area contributed by atoms with Gasteiger partial charge in [0.1, 0.15) is 11.4 Å². The van der Waals surface area contributed by atoms with Crippen LogP contribution in [0.1, 0.15) is 26.8 Å². The Morgan fingerprint density at radius 1 is 1.33 bits per heavy atom. The molecule has 0 amide bonds. The van der Waals surface area contributed by atoms with Gasteiger partial charge in [0, 0.05) is 26.3 Å². The number of hydrogen-bond acceptors (Lipinski definition) is 3. The molecule has 0 N–H and O–H groups in total. The minimum atomic E-state index is 0.344. The Bertz CT molecular complexity index is 580. The van der Waals surface area contributed by atoms with Crippen LogP contribution < -0.4 is 0 Å². The highest BCUT2D eigenvalue weighted by Crippen LogP contribution is 2.24. The average molecular weight is 245 g/mol. The highest BCUT2D eigenvalue weighted by Gasteiger charge is 2.10. The third kappa shape index (κ3) is 2.20. The summed E-state index contributed by atoms with van der Waals surface area (Å²) in [6.07, 6.45) is 3.61. The lowest BCUT2D eigenvalue weighted by atomic mass is 10.3. The van der Waals surface area contributed by atoms with E-state index < -0.39 is 0 Å². The number of pyridine rings is 1. The van der Waals surface area contributed by atoms with Gasteiger partial charge in [-0.2, -0.15) is 0 Å². The Morgan fingerprint density at radius 2 is 2.06 bits per heavy atom. The van der Waals surface area contributed by atoms with E-state index in [9.17, 15) is 0 Å². The molecule has 0 unspecified atom stereocenters. The first kappa shape index (κ1) is 12.5. The van der Waals surface area contributed by atoms with Crippen LogP contribution in [-0.4, -0.2) is 39.4 Å². The Balaban J connectivity index is 2.57. The molecule has 5 nitrogen and oxygen atoms in total. The fourth-order valence-electron chi connectivity index (χ4n) is 1.66. The van der Waals surface area contributed by atoms with Crippen LogP contribution in [0, 0.1) is 0 Å². The monoisotopic (exact) mass is 245 g/mol. The second kappa shape index (κ2) is 4.76. The predicted octanol–water partition coefficient (Wildman–Crippen LogP) is 2.62. The zero-order chi connectivity index (χ0) is 13.3. The maximum atomic E-state index is 4.59. The van der Waals surface area contributed by atoms with Gasteiger partial charge in [0.2, 0.25) is 0 Å². The highest BCUT2D eigenvalue weighted by atomic mass is 15.1. The van der Waals surface area contributed by atoms with Crippen molar-refractivity contribution in [1.29, 1.82) is 0 Å². The molecular weight excluding hydrogens is 226 g/mol. The standard InChI is InChI=1S/C13H19N5/c1-9(2)18-8-15-12-11(6-7-14-13(12)18)16-10(3)17(4)5/h6-9H,1-5H3. The molecule has 96 valence electrons. The van der Waals surface area contributed by atoms with Crippen molar-refractivity contribution in [3.63, 3.8) is 0 Å². The van der Waals surface area contributed by atoms with Gasteiger partial charge in [0.25, 0.3) is 0 Å². The van der Waals surface area contributed by atoms with Gasteiger partial charge >= 0.3 is 0 Å². The molecule has 0 bridgehead atoms. The molecule has 0 fully saturated rings. The van der Waals surface area contributed by atoms with Crippen molar-refractivity contribution in [2.24, 2.45) is 4.99 Å². The van der Waals surface area contributed by atoms with E-state index in [4.69, 9.17) is 0 Å². The third-order valence-corrected chi connectivity index (χ3v) is 2.93. The van der Waals surface area contributed by atoms with Crippen LogP contribution in [-0.2, 0) is 0 Å². The molecule has 0 aromatic carbocycles. The average Bonchev–Trinajstić information content (AvgIpc) is 2.73. The van der Waals surface area contributed by atoms with Crippen LogP contribution in [0.25, 0.3) is 11.2 Å². The Morgan fingerprint density at radius 3 is 2.67 bits per heavy atom. The molecule has 0 radical (unpaired) electrons. The van der Waals surface area contributed by atoms with E-state index in [0.29, 0.717) is 6.04 Å². The topological polar surface area (TPSA) is 46.3 Å². The maximum absolute atomic E-state index is 4.59. The Kier molecular flexibility index (Phi) is 3.32. The lowest BCUT2D eigenvalue weighted by Crippen LogP contribution is -2.17. The Labute approximate surface area is 107 Å².